The first-order chi connectivity index (χ1) is 9.51. The van der Waals surface area contributed by atoms with Gasteiger partial charge in [-0.3, -0.25) is 4.79 Å². The molecule has 0 aliphatic rings. The number of ether oxygens (including phenoxy) is 1. The SMILES string of the molecule is COc1ccc(Br)c(NC(=O)c2ccc(F)c(Cl)c2)c1. The normalized spacial score (nSPS) is 10.2. The first-order valence-corrected chi connectivity index (χ1v) is 6.78. The van der Waals surface area contributed by atoms with Gasteiger partial charge in [-0.15, -0.1) is 0 Å². The Morgan fingerprint density at radius 2 is 2.05 bits per heavy atom. The average molecular weight is 359 g/mol. The second-order valence-corrected chi connectivity index (χ2v) is 5.19. The molecule has 0 unspecified atom stereocenters. The third-order valence-corrected chi connectivity index (χ3v) is 3.58. The van der Waals surface area contributed by atoms with Gasteiger partial charge in [0.2, 0.25) is 0 Å². The van der Waals surface area contributed by atoms with E-state index in [1.54, 1.807) is 18.2 Å². The van der Waals surface area contributed by atoms with E-state index >= 15 is 0 Å². The van der Waals surface area contributed by atoms with Crippen molar-refractivity contribution in [1.29, 1.82) is 0 Å². The van der Waals surface area contributed by atoms with E-state index in [2.05, 4.69) is 21.2 Å². The van der Waals surface area contributed by atoms with Gasteiger partial charge in [-0.1, -0.05) is 11.6 Å². The number of rotatable bonds is 3. The summed E-state index contributed by atoms with van der Waals surface area (Å²) in [6.45, 7) is 0. The van der Waals surface area contributed by atoms with Gasteiger partial charge in [0, 0.05) is 16.1 Å². The van der Waals surface area contributed by atoms with Gasteiger partial charge in [-0.25, -0.2) is 4.39 Å². The molecule has 6 heteroatoms. The van der Waals surface area contributed by atoms with Gasteiger partial charge in [0.15, 0.2) is 0 Å². The number of hydrogen-bond acceptors (Lipinski definition) is 2. The highest BCUT2D eigenvalue weighted by Crippen LogP contribution is 2.27. The molecule has 1 amide bonds. The number of benzene rings is 2. The molecule has 0 aliphatic heterocycles. The summed E-state index contributed by atoms with van der Waals surface area (Å²) in [7, 11) is 1.54. The maximum absolute atomic E-state index is 13.1. The largest absolute Gasteiger partial charge is 0.497 e. The van der Waals surface area contributed by atoms with Crippen molar-refractivity contribution in [3.8, 4) is 5.75 Å². The molecule has 0 spiro atoms. The third-order valence-electron chi connectivity index (χ3n) is 2.60. The number of methoxy groups -OCH3 is 1. The van der Waals surface area contributed by atoms with Gasteiger partial charge in [0.05, 0.1) is 17.8 Å². The summed E-state index contributed by atoms with van der Waals surface area (Å²) < 4.78 is 18.9. The lowest BCUT2D eigenvalue weighted by Gasteiger charge is -2.09. The molecule has 0 fully saturated rings. The van der Waals surface area contributed by atoms with Crippen LogP contribution in [0.15, 0.2) is 40.9 Å². The van der Waals surface area contributed by atoms with Gasteiger partial charge >= 0.3 is 0 Å². The maximum atomic E-state index is 13.1. The fraction of sp³-hybridized carbons (Fsp3) is 0.0714. The highest BCUT2D eigenvalue weighted by atomic mass is 79.9. The van der Waals surface area contributed by atoms with Crippen LogP contribution in [0.1, 0.15) is 10.4 Å². The van der Waals surface area contributed by atoms with Crippen molar-refractivity contribution in [3.05, 3.63) is 57.3 Å². The van der Waals surface area contributed by atoms with Crippen LogP contribution in [-0.2, 0) is 0 Å². The number of halogens is 3. The molecule has 1 N–H and O–H groups in total. The van der Waals surface area contributed by atoms with Crippen molar-refractivity contribution in [2.75, 3.05) is 12.4 Å². The predicted octanol–water partition coefficient (Wildman–Crippen LogP) is 4.50. The summed E-state index contributed by atoms with van der Waals surface area (Å²) in [5.74, 6) is -0.340. The molecule has 0 saturated carbocycles. The van der Waals surface area contributed by atoms with Crippen molar-refractivity contribution in [1.82, 2.24) is 0 Å². The zero-order valence-electron chi connectivity index (χ0n) is 10.4. The van der Waals surface area contributed by atoms with Crippen molar-refractivity contribution in [3.63, 3.8) is 0 Å². The third kappa shape index (κ3) is 3.29. The van der Waals surface area contributed by atoms with Crippen LogP contribution in [0.25, 0.3) is 0 Å². The molecule has 0 saturated heterocycles. The van der Waals surface area contributed by atoms with Gasteiger partial charge in [-0.2, -0.15) is 0 Å². The first kappa shape index (κ1) is 14.8. The van der Waals surface area contributed by atoms with Crippen LogP contribution in [0, 0.1) is 5.82 Å². The fourth-order valence-electron chi connectivity index (χ4n) is 1.56. The second kappa shape index (κ2) is 6.24. The minimum atomic E-state index is -0.564. The summed E-state index contributed by atoms with van der Waals surface area (Å²) in [6.07, 6.45) is 0. The summed E-state index contributed by atoms with van der Waals surface area (Å²) in [6, 6.07) is 8.98. The Balaban J connectivity index is 2.25. The lowest BCUT2D eigenvalue weighted by molar-refractivity contribution is 0.102. The van der Waals surface area contributed by atoms with Gasteiger partial charge in [-0.05, 0) is 46.3 Å². The van der Waals surface area contributed by atoms with E-state index in [9.17, 15) is 9.18 Å². The molecule has 104 valence electrons. The molecule has 20 heavy (non-hydrogen) atoms. The summed E-state index contributed by atoms with van der Waals surface area (Å²) in [4.78, 5) is 12.1. The van der Waals surface area contributed by atoms with Crippen LogP contribution in [0.2, 0.25) is 5.02 Å². The van der Waals surface area contributed by atoms with Crippen molar-refractivity contribution < 1.29 is 13.9 Å². The zero-order chi connectivity index (χ0) is 14.7. The topological polar surface area (TPSA) is 38.3 Å². The quantitative estimate of drug-likeness (QED) is 0.877. The average Bonchev–Trinajstić information content (AvgIpc) is 2.44. The van der Waals surface area contributed by atoms with Crippen LogP contribution in [-0.4, -0.2) is 13.0 Å². The Morgan fingerprint density at radius 3 is 2.70 bits per heavy atom. The number of amides is 1. The summed E-state index contributed by atoms with van der Waals surface area (Å²) >= 11 is 8.99. The minimum absolute atomic E-state index is 0.0950. The molecule has 2 rings (SSSR count). The van der Waals surface area contributed by atoms with Crippen LogP contribution in [0.3, 0.4) is 0 Å². The lowest BCUT2D eigenvalue weighted by atomic mass is 10.2. The molecule has 2 aromatic carbocycles. The van der Waals surface area contributed by atoms with E-state index in [-0.39, 0.29) is 16.5 Å². The number of hydrogen-bond donors (Lipinski definition) is 1. The molecule has 0 bridgehead atoms. The molecule has 0 aliphatic carbocycles. The first-order valence-electron chi connectivity index (χ1n) is 5.61. The summed E-state index contributed by atoms with van der Waals surface area (Å²) in [5, 5.41) is 2.61. The Morgan fingerprint density at radius 1 is 1.30 bits per heavy atom. The van der Waals surface area contributed by atoms with Crippen LogP contribution in [0.5, 0.6) is 5.75 Å². The van der Waals surface area contributed by atoms with Crippen molar-refractivity contribution in [2.24, 2.45) is 0 Å². The molecule has 0 radical (unpaired) electrons. The van der Waals surface area contributed by atoms with E-state index in [4.69, 9.17) is 16.3 Å². The van der Waals surface area contributed by atoms with E-state index in [1.807, 2.05) is 0 Å². The highest BCUT2D eigenvalue weighted by molar-refractivity contribution is 9.10. The highest BCUT2D eigenvalue weighted by Gasteiger charge is 2.11. The Bertz CT molecular complexity index is 664. The number of anilines is 1. The van der Waals surface area contributed by atoms with Crippen LogP contribution < -0.4 is 10.1 Å². The second-order valence-electron chi connectivity index (χ2n) is 3.93. The standard InChI is InChI=1S/C14H10BrClFNO2/c1-20-9-3-4-10(15)13(7-9)18-14(19)8-2-5-12(17)11(16)6-8/h2-7H,1H3,(H,18,19). The van der Waals surface area contributed by atoms with Gasteiger partial charge in [0.25, 0.3) is 5.91 Å². The minimum Gasteiger partial charge on any atom is -0.497 e. The van der Waals surface area contributed by atoms with Crippen LogP contribution >= 0.6 is 27.5 Å². The smallest absolute Gasteiger partial charge is 0.255 e. The molecule has 0 heterocycles. The van der Waals surface area contributed by atoms with Gasteiger partial charge < -0.3 is 10.1 Å². The van der Waals surface area contributed by atoms with E-state index < -0.39 is 5.82 Å². The fourth-order valence-corrected chi connectivity index (χ4v) is 2.09. The number of carbonyl (C=O) groups excluding carboxylic acids is 1. The lowest BCUT2D eigenvalue weighted by Crippen LogP contribution is -2.12. The molecule has 3 nitrogen and oxygen atoms in total. The zero-order valence-corrected chi connectivity index (χ0v) is 12.8. The van der Waals surface area contributed by atoms with E-state index in [0.717, 1.165) is 6.07 Å². The Hall–Kier alpha value is -1.59. The van der Waals surface area contributed by atoms with Gasteiger partial charge in [0.1, 0.15) is 11.6 Å². The molecular formula is C14H10BrClFNO2. The Labute approximate surface area is 128 Å². The molecular weight excluding hydrogens is 349 g/mol. The Kier molecular flexibility index (Phi) is 4.62. The predicted molar refractivity (Wildman–Crippen MR) is 80.1 cm³/mol. The van der Waals surface area contributed by atoms with Crippen molar-refractivity contribution >= 4 is 39.1 Å². The van der Waals surface area contributed by atoms with Crippen LogP contribution in [0.4, 0.5) is 10.1 Å². The number of nitrogens with one attached hydrogen (secondary N) is 1. The summed E-state index contributed by atoms with van der Waals surface area (Å²) in [5.41, 5.74) is 0.820. The van der Waals surface area contributed by atoms with E-state index in [1.165, 1.54) is 19.2 Å². The monoisotopic (exact) mass is 357 g/mol. The molecule has 0 atom stereocenters. The van der Waals surface area contributed by atoms with Crippen molar-refractivity contribution in [2.45, 2.75) is 0 Å². The van der Waals surface area contributed by atoms with E-state index in [0.29, 0.717) is 15.9 Å². The maximum Gasteiger partial charge on any atom is 0.255 e. The number of carbonyl (C=O) groups is 1. The molecule has 0 aromatic heterocycles. The molecule has 2 aromatic rings.